The van der Waals surface area contributed by atoms with Crippen LogP contribution < -0.4 is 0 Å². The Morgan fingerprint density at radius 2 is 1.85 bits per heavy atom. The van der Waals surface area contributed by atoms with Crippen LogP contribution in [0.1, 0.15) is 83.6 Å². The molecule has 0 aromatic carbocycles. The molecule has 1 aromatic rings. The number of nitrogens with zero attached hydrogens (tertiary/aromatic N) is 1. The second kappa shape index (κ2) is 8.19. The van der Waals surface area contributed by atoms with Crippen molar-refractivity contribution in [2.45, 2.75) is 95.4 Å². The van der Waals surface area contributed by atoms with Crippen molar-refractivity contribution >= 4 is 0 Å². The maximum absolute atomic E-state index is 12.3. The normalized spacial score (nSPS) is 46.6. The monoisotopic (exact) mass is 469 g/mol. The Labute approximate surface area is 204 Å². The first-order valence-electron chi connectivity index (χ1n) is 13.8. The lowest BCUT2D eigenvalue weighted by molar-refractivity contribution is -0.222. The van der Waals surface area contributed by atoms with E-state index in [1.807, 2.05) is 6.07 Å². The van der Waals surface area contributed by atoms with E-state index in [-0.39, 0.29) is 17.4 Å². The molecule has 0 spiro atoms. The van der Waals surface area contributed by atoms with Crippen molar-refractivity contribution in [3.63, 3.8) is 0 Å². The number of likely N-dealkylation sites (tertiary alicyclic amines) is 1. The maximum atomic E-state index is 12.3. The molecule has 7 atom stereocenters. The number of furan rings is 1. The van der Waals surface area contributed by atoms with Crippen LogP contribution in [0.15, 0.2) is 34.7 Å². The zero-order valence-corrected chi connectivity index (χ0v) is 21.1. The second-order valence-electron chi connectivity index (χ2n) is 12.5. The highest BCUT2D eigenvalue weighted by Crippen LogP contribution is 2.71. The third-order valence-electron chi connectivity index (χ3n) is 11.3. The average molecular weight is 470 g/mol. The molecule has 4 aliphatic carbocycles. The van der Waals surface area contributed by atoms with Crippen molar-refractivity contribution in [1.29, 1.82) is 0 Å². The van der Waals surface area contributed by atoms with Crippen molar-refractivity contribution in [2.24, 2.45) is 22.7 Å². The minimum Gasteiger partial charge on any atom is -0.472 e. The Bertz CT molecular complexity index is 923. The van der Waals surface area contributed by atoms with Crippen molar-refractivity contribution in [1.82, 2.24) is 4.90 Å². The largest absolute Gasteiger partial charge is 0.472 e. The van der Waals surface area contributed by atoms with E-state index in [1.54, 1.807) is 18.1 Å². The number of hydrogen-bond acceptors (Lipinski definition) is 5. The van der Waals surface area contributed by atoms with E-state index in [4.69, 9.17) is 9.15 Å². The summed E-state index contributed by atoms with van der Waals surface area (Å²) in [7, 11) is 0. The van der Waals surface area contributed by atoms with E-state index in [0.29, 0.717) is 18.8 Å². The first-order chi connectivity index (χ1) is 16.3. The van der Waals surface area contributed by atoms with Gasteiger partial charge in [-0.25, -0.2) is 0 Å². The fourth-order valence-corrected chi connectivity index (χ4v) is 9.12. The SMILES string of the molecule is C[C@]12CC[C@H]3[C@@H](CCC4=C[C@@H](OCCN5CCCC5)CC[C@@]43C)[C@@]1(O)CC[C@]2(O)c1ccoc1. The quantitative estimate of drug-likeness (QED) is 0.593. The molecule has 5 nitrogen and oxygen atoms in total. The number of hydrogen-bond donors (Lipinski definition) is 2. The van der Waals surface area contributed by atoms with E-state index in [1.165, 1.54) is 25.9 Å². The van der Waals surface area contributed by atoms with Gasteiger partial charge in [-0.1, -0.05) is 25.5 Å². The van der Waals surface area contributed by atoms with E-state index in [9.17, 15) is 10.2 Å². The fraction of sp³-hybridized carbons (Fsp3) is 0.793. The summed E-state index contributed by atoms with van der Waals surface area (Å²) in [4.78, 5) is 2.53. The lowest BCUT2D eigenvalue weighted by Crippen LogP contribution is -2.63. The molecule has 188 valence electrons. The summed E-state index contributed by atoms with van der Waals surface area (Å²) < 4.78 is 11.7. The van der Waals surface area contributed by atoms with Gasteiger partial charge in [0.15, 0.2) is 0 Å². The topological polar surface area (TPSA) is 66.1 Å². The van der Waals surface area contributed by atoms with Gasteiger partial charge >= 0.3 is 0 Å². The molecular formula is C29H43NO4. The summed E-state index contributed by atoms with van der Waals surface area (Å²) in [6.45, 7) is 8.96. The molecule has 5 aliphatic rings. The number of allylic oxidation sites excluding steroid dienone is 1. The minimum atomic E-state index is -1.02. The Hall–Kier alpha value is -1.14. The molecule has 3 saturated carbocycles. The summed E-state index contributed by atoms with van der Waals surface area (Å²) in [6, 6.07) is 1.89. The lowest BCUT2D eigenvalue weighted by Gasteiger charge is -2.62. The predicted octanol–water partition coefficient (Wildman–Crippen LogP) is 5.03. The molecule has 1 aromatic heterocycles. The van der Waals surface area contributed by atoms with Crippen LogP contribution in [-0.4, -0.2) is 53.1 Å². The van der Waals surface area contributed by atoms with Crippen molar-refractivity contribution in [3.8, 4) is 0 Å². The molecule has 5 heteroatoms. The van der Waals surface area contributed by atoms with Crippen LogP contribution in [0.3, 0.4) is 0 Å². The van der Waals surface area contributed by atoms with Gasteiger partial charge < -0.3 is 24.3 Å². The van der Waals surface area contributed by atoms with Gasteiger partial charge in [-0.3, -0.25) is 0 Å². The number of rotatable bonds is 5. The lowest BCUT2D eigenvalue weighted by atomic mass is 9.44. The Balaban J connectivity index is 1.20. The second-order valence-corrected chi connectivity index (χ2v) is 12.5. The molecule has 0 bridgehead atoms. The summed E-state index contributed by atoms with van der Waals surface area (Å²) >= 11 is 0. The molecule has 0 radical (unpaired) electrons. The molecule has 0 unspecified atom stereocenters. The first kappa shape index (κ1) is 23.3. The van der Waals surface area contributed by atoms with Crippen molar-refractivity contribution < 1.29 is 19.4 Å². The Morgan fingerprint density at radius 3 is 2.62 bits per heavy atom. The van der Waals surface area contributed by atoms with Crippen LogP contribution in [0, 0.1) is 22.7 Å². The molecule has 4 fully saturated rings. The van der Waals surface area contributed by atoms with Gasteiger partial charge in [0, 0.05) is 17.5 Å². The van der Waals surface area contributed by atoms with Gasteiger partial charge in [0.2, 0.25) is 0 Å². The van der Waals surface area contributed by atoms with Crippen LogP contribution in [0.4, 0.5) is 0 Å². The highest BCUT2D eigenvalue weighted by molar-refractivity contribution is 5.33. The minimum absolute atomic E-state index is 0.144. The van der Waals surface area contributed by atoms with Gasteiger partial charge in [0.05, 0.1) is 30.8 Å². The predicted molar refractivity (Wildman–Crippen MR) is 131 cm³/mol. The van der Waals surface area contributed by atoms with Gasteiger partial charge in [0.25, 0.3) is 0 Å². The van der Waals surface area contributed by atoms with Crippen LogP contribution in [0.5, 0.6) is 0 Å². The standard InChI is InChI=1S/C29H43NO4/c1-26-10-7-23(34-18-16-30-14-3-4-15-30)19-21(26)5-6-25-24(26)8-11-27(2)28(31,12-13-29(25,27)32)22-9-17-33-20-22/h9,17,19-20,23-25,31-32H,3-8,10-16,18H2,1-2H3/t23-,24-,25+,26-,27+,28-,29-/m0/s1. The van der Waals surface area contributed by atoms with Crippen LogP contribution in [0.2, 0.25) is 0 Å². The molecule has 6 rings (SSSR count). The van der Waals surface area contributed by atoms with Crippen molar-refractivity contribution in [3.05, 3.63) is 35.8 Å². The third-order valence-corrected chi connectivity index (χ3v) is 11.3. The zero-order chi connectivity index (χ0) is 23.6. The van der Waals surface area contributed by atoms with Gasteiger partial charge in [0.1, 0.15) is 5.60 Å². The first-order valence-corrected chi connectivity index (χ1v) is 13.8. The van der Waals surface area contributed by atoms with Crippen molar-refractivity contribution in [2.75, 3.05) is 26.2 Å². The van der Waals surface area contributed by atoms with E-state index < -0.39 is 16.6 Å². The zero-order valence-electron chi connectivity index (χ0n) is 21.1. The summed E-state index contributed by atoms with van der Waals surface area (Å²) in [5.41, 5.74) is 0.154. The smallest absolute Gasteiger partial charge is 0.101 e. The number of ether oxygens (including phenoxy) is 1. The van der Waals surface area contributed by atoms with Crippen LogP contribution >= 0.6 is 0 Å². The summed E-state index contributed by atoms with van der Waals surface area (Å²) in [5, 5.41) is 24.2. The molecule has 1 saturated heterocycles. The van der Waals surface area contributed by atoms with E-state index in [2.05, 4.69) is 24.8 Å². The van der Waals surface area contributed by atoms with Gasteiger partial charge in [-0.05, 0) is 101 Å². The van der Waals surface area contributed by atoms with Gasteiger partial charge in [-0.2, -0.15) is 0 Å². The molecule has 2 N–H and O–H groups in total. The Morgan fingerprint density at radius 1 is 1.03 bits per heavy atom. The highest BCUT2D eigenvalue weighted by atomic mass is 16.5. The summed E-state index contributed by atoms with van der Waals surface area (Å²) in [6.07, 6.45) is 16.2. The summed E-state index contributed by atoms with van der Waals surface area (Å²) in [5.74, 6) is 0.713. The van der Waals surface area contributed by atoms with E-state index >= 15 is 0 Å². The van der Waals surface area contributed by atoms with E-state index in [0.717, 1.165) is 57.2 Å². The van der Waals surface area contributed by atoms with Crippen LogP contribution in [-0.2, 0) is 10.3 Å². The molecular weight excluding hydrogens is 426 g/mol. The maximum Gasteiger partial charge on any atom is 0.101 e. The van der Waals surface area contributed by atoms with Gasteiger partial charge in [-0.15, -0.1) is 0 Å². The molecule has 34 heavy (non-hydrogen) atoms. The number of fused-ring (bicyclic) bond motifs is 5. The molecule has 2 heterocycles. The fourth-order valence-electron chi connectivity index (χ4n) is 9.12. The highest BCUT2D eigenvalue weighted by Gasteiger charge is 2.71. The Kier molecular flexibility index (Phi) is 5.61. The molecule has 1 aliphatic heterocycles. The third kappa shape index (κ3) is 3.19. The average Bonchev–Trinajstić information content (AvgIpc) is 3.57. The molecule has 0 amide bonds. The van der Waals surface area contributed by atoms with Crippen LogP contribution in [0.25, 0.3) is 0 Å². The number of aliphatic hydroxyl groups is 2.